The van der Waals surface area contributed by atoms with Crippen molar-refractivity contribution in [1.82, 2.24) is 14.8 Å². The minimum absolute atomic E-state index is 0.116. The highest BCUT2D eigenvalue weighted by Crippen LogP contribution is 2.29. The summed E-state index contributed by atoms with van der Waals surface area (Å²) in [5, 5.41) is 6.72. The van der Waals surface area contributed by atoms with Gasteiger partial charge >= 0.3 is 6.18 Å². The molecule has 0 atom stereocenters. The van der Waals surface area contributed by atoms with Crippen LogP contribution in [0.2, 0.25) is 0 Å². The van der Waals surface area contributed by atoms with Crippen LogP contribution in [-0.4, -0.2) is 20.7 Å². The van der Waals surface area contributed by atoms with Crippen LogP contribution >= 0.6 is 0 Å². The van der Waals surface area contributed by atoms with Gasteiger partial charge in [0.25, 0.3) is 0 Å². The molecule has 0 bridgehead atoms. The largest absolute Gasteiger partial charge is 0.417 e. The van der Waals surface area contributed by atoms with Crippen molar-refractivity contribution in [3.05, 3.63) is 77.4 Å². The third-order valence-electron chi connectivity index (χ3n) is 3.65. The molecule has 0 spiro atoms. The summed E-state index contributed by atoms with van der Waals surface area (Å²) in [4.78, 5) is 15.9. The Bertz CT molecular complexity index is 1020. The van der Waals surface area contributed by atoms with Gasteiger partial charge in [-0.05, 0) is 42.8 Å². The van der Waals surface area contributed by atoms with Crippen LogP contribution in [0.1, 0.15) is 16.8 Å². The van der Waals surface area contributed by atoms with Crippen LogP contribution < -0.4 is 5.32 Å². The highest BCUT2D eigenvalue weighted by atomic mass is 19.4. The topological polar surface area (TPSA) is 59.8 Å². The highest BCUT2D eigenvalue weighted by molar-refractivity contribution is 6.01. The van der Waals surface area contributed by atoms with Gasteiger partial charge in [0.15, 0.2) is 5.82 Å². The van der Waals surface area contributed by atoms with E-state index in [2.05, 4.69) is 15.4 Å². The predicted octanol–water partition coefficient (Wildman–Crippen LogP) is 4.39. The smallest absolute Gasteiger partial charge is 0.307 e. The average Bonchev–Trinajstić information content (AvgIpc) is 2.99. The number of rotatable bonds is 4. The van der Waals surface area contributed by atoms with Crippen molar-refractivity contribution in [2.24, 2.45) is 0 Å². The molecule has 0 radical (unpaired) electrons. The molecule has 0 saturated heterocycles. The van der Waals surface area contributed by atoms with Crippen molar-refractivity contribution in [1.29, 1.82) is 0 Å². The number of pyridine rings is 1. The summed E-state index contributed by atoms with van der Waals surface area (Å²) >= 11 is 0. The van der Waals surface area contributed by atoms with Crippen molar-refractivity contribution >= 4 is 17.8 Å². The first-order valence-corrected chi connectivity index (χ1v) is 8.07. The molecule has 2 heterocycles. The van der Waals surface area contributed by atoms with Gasteiger partial charge in [-0.25, -0.2) is 9.37 Å². The van der Waals surface area contributed by atoms with E-state index in [4.69, 9.17) is 0 Å². The van der Waals surface area contributed by atoms with Crippen LogP contribution in [0.25, 0.3) is 11.9 Å². The number of aromatic nitrogens is 3. The van der Waals surface area contributed by atoms with E-state index in [1.165, 1.54) is 35.0 Å². The quantitative estimate of drug-likeness (QED) is 0.531. The lowest BCUT2D eigenvalue weighted by Gasteiger charge is -2.09. The number of hydrogen-bond acceptors (Lipinski definition) is 3. The fourth-order valence-electron chi connectivity index (χ4n) is 2.39. The van der Waals surface area contributed by atoms with Crippen LogP contribution in [0.3, 0.4) is 0 Å². The van der Waals surface area contributed by atoms with Gasteiger partial charge in [0, 0.05) is 18.3 Å². The van der Waals surface area contributed by atoms with E-state index >= 15 is 0 Å². The van der Waals surface area contributed by atoms with E-state index in [-0.39, 0.29) is 11.6 Å². The van der Waals surface area contributed by atoms with Gasteiger partial charge in [-0.3, -0.25) is 4.79 Å². The Morgan fingerprint density at radius 3 is 2.61 bits per heavy atom. The highest BCUT2D eigenvalue weighted by Gasteiger charge is 2.30. The molecule has 9 heteroatoms. The Hall–Kier alpha value is -3.49. The van der Waals surface area contributed by atoms with Crippen molar-refractivity contribution in [2.45, 2.75) is 13.1 Å². The SMILES string of the molecule is Cc1cc(NC(=O)C=Cc2cccc(F)c2)n(-c2ccc(C(F)(F)F)cn2)n1. The molecular weight excluding hydrogens is 376 g/mol. The first-order chi connectivity index (χ1) is 13.2. The normalized spacial score (nSPS) is 11.8. The van der Waals surface area contributed by atoms with Crippen molar-refractivity contribution in [2.75, 3.05) is 5.32 Å². The Morgan fingerprint density at radius 2 is 1.96 bits per heavy atom. The van der Waals surface area contributed by atoms with Crippen LogP contribution in [0.15, 0.2) is 54.7 Å². The lowest BCUT2D eigenvalue weighted by Crippen LogP contribution is -2.13. The Morgan fingerprint density at radius 1 is 1.18 bits per heavy atom. The molecule has 3 rings (SSSR count). The van der Waals surface area contributed by atoms with Crippen LogP contribution in [-0.2, 0) is 11.0 Å². The first-order valence-electron chi connectivity index (χ1n) is 8.07. The van der Waals surface area contributed by atoms with Crippen LogP contribution in [0.5, 0.6) is 0 Å². The fourth-order valence-corrected chi connectivity index (χ4v) is 2.39. The minimum atomic E-state index is -4.50. The average molecular weight is 390 g/mol. The molecule has 0 saturated carbocycles. The molecule has 1 amide bonds. The monoisotopic (exact) mass is 390 g/mol. The zero-order valence-electron chi connectivity index (χ0n) is 14.5. The third-order valence-corrected chi connectivity index (χ3v) is 3.65. The standard InChI is InChI=1S/C19H14F4N4O/c1-12-9-17(25-18(28)8-5-13-3-2-4-15(20)10-13)27(26-12)16-7-6-14(11-24-16)19(21,22)23/h2-11H,1H3,(H,25,28). The van der Waals surface area contributed by atoms with Crippen molar-refractivity contribution in [3.8, 4) is 5.82 Å². The Labute approximate surface area is 157 Å². The van der Waals surface area contributed by atoms with E-state index in [0.29, 0.717) is 17.5 Å². The van der Waals surface area contributed by atoms with E-state index in [1.54, 1.807) is 19.1 Å². The third kappa shape index (κ3) is 4.61. The molecule has 3 aromatic rings. The van der Waals surface area contributed by atoms with Gasteiger partial charge in [0.1, 0.15) is 11.6 Å². The number of anilines is 1. The second-order valence-electron chi connectivity index (χ2n) is 5.86. The number of carbonyl (C=O) groups excluding carboxylic acids is 1. The zero-order chi connectivity index (χ0) is 20.3. The summed E-state index contributed by atoms with van der Waals surface area (Å²) in [6.45, 7) is 1.67. The number of aryl methyl sites for hydroxylation is 1. The number of nitrogens with one attached hydrogen (secondary N) is 1. The summed E-state index contributed by atoms with van der Waals surface area (Å²) in [6.07, 6.45) is -1.16. The van der Waals surface area contributed by atoms with E-state index in [0.717, 1.165) is 12.1 Å². The molecule has 2 aromatic heterocycles. The van der Waals surface area contributed by atoms with Gasteiger partial charge in [-0.15, -0.1) is 0 Å². The van der Waals surface area contributed by atoms with Crippen LogP contribution in [0, 0.1) is 12.7 Å². The molecule has 0 unspecified atom stereocenters. The van der Waals surface area contributed by atoms with E-state index in [9.17, 15) is 22.4 Å². The minimum Gasteiger partial charge on any atom is -0.307 e. The fraction of sp³-hybridized carbons (Fsp3) is 0.105. The maximum atomic E-state index is 13.2. The van der Waals surface area contributed by atoms with E-state index in [1.807, 2.05) is 0 Å². The predicted molar refractivity (Wildman–Crippen MR) is 95.2 cm³/mol. The molecule has 1 aromatic carbocycles. The summed E-state index contributed by atoms with van der Waals surface area (Å²) in [6, 6.07) is 9.30. The molecule has 0 aliphatic carbocycles. The lowest BCUT2D eigenvalue weighted by molar-refractivity contribution is -0.137. The number of alkyl halides is 3. The molecule has 1 N–H and O–H groups in total. The molecule has 28 heavy (non-hydrogen) atoms. The van der Waals surface area contributed by atoms with Gasteiger partial charge in [0.2, 0.25) is 5.91 Å². The number of halogens is 4. The van der Waals surface area contributed by atoms with Gasteiger partial charge < -0.3 is 5.32 Å². The van der Waals surface area contributed by atoms with Crippen molar-refractivity contribution in [3.63, 3.8) is 0 Å². The lowest BCUT2D eigenvalue weighted by atomic mass is 10.2. The molecule has 5 nitrogen and oxygen atoms in total. The summed E-state index contributed by atoms with van der Waals surface area (Å²) in [5.41, 5.74) is 0.152. The summed E-state index contributed by atoms with van der Waals surface area (Å²) < 4.78 is 52.4. The number of amides is 1. The number of benzene rings is 1. The number of hydrogen-bond donors (Lipinski definition) is 1. The molecule has 0 aliphatic heterocycles. The maximum Gasteiger partial charge on any atom is 0.417 e. The Kier molecular flexibility index (Phi) is 5.25. The second kappa shape index (κ2) is 7.63. The molecule has 0 aliphatic rings. The van der Waals surface area contributed by atoms with Crippen LogP contribution in [0.4, 0.5) is 23.4 Å². The first kappa shape index (κ1) is 19.3. The van der Waals surface area contributed by atoms with E-state index < -0.39 is 23.5 Å². The summed E-state index contributed by atoms with van der Waals surface area (Å²) in [5.74, 6) is -0.592. The molecular formula is C19H14F4N4O. The maximum absolute atomic E-state index is 13.2. The molecule has 0 fully saturated rings. The number of carbonyl (C=O) groups is 1. The molecule has 144 valence electrons. The van der Waals surface area contributed by atoms with Gasteiger partial charge in [0.05, 0.1) is 11.3 Å². The number of nitrogens with zero attached hydrogens (tertiary/aromatic N) is 3. The Balaban J connectivity index is 1.79. The summed E-state index contributed by atoms with van der Waals surface area (Å²) in [7, 11) is 0. The van der Waals surface area contributed by atoms with Gasteiger partial charge in [-0.1, -0.05) is 12.1 Å². The van der Waals surface area contributed by atoms with Gasteiger partial charge in [-0.2, -0.15) is 23.0 Å². The van der Waals surface area contributed by atoms with Crippen molar-refractivity contribution < 1.29 is 22.4 Å². The second-order valence-corrected chi connectivity index (χ2v) is 5.86. The zero-order valence-corrected chi connectivity index (χ0v) is 14.5.